The van der Waals surface area contributed by atoms with Crippen LogP contribution in [0.4, 0.5) is 4.79 Å². The number of hydrogen-bond acceptors (Lipinski definition) is 5. The number of esters is 1. The van der Waals surface area contributed by atoms with Crippen molar-refractivity contribution in [3.05, 3.63) is 71.3 Å². The Hall–Kier alpha value is -3.68. The molecule has 1 heterocycles. The summed E-state index contributed by atoms with van der Waals surface area (Å²) in [6.45, 7) is 3.01. The maximum absolute atomic E-state index is 12.9. The van der Waals surface area contributed by atoms with Crippen LogP contribution >= 0.6 is 0 Å². The standard InChI is InChI=1S/C21H21N3O5/c1-3-21(16-7-5-4-6-8-16)19(27)24(20(28)22-21)23-17(25)13-29-18(26)15-11-9-14(2)10-12-15/h4-12H,3,13H2,1-2H3,(H,22,28)(H,23,25)/t21-/m0/s1. The Morgan fingerprint density at radius 3 is 2.34 bits per heavy atom. The van der Waals surface area contributed by atoms with Crippen molar-refractivity contribution in [1.82, 2.24) is 15.8 Å². The highest BCUT2D eigenvalue weighted by molar-refractivity contribution is 6.08. The van der Waals surface area contributed by atoms with Gasteiger partial charge in [-0.2, -0.15) is 5.01 Å². The van der Waals surface area contributed by atoms with Crippen molar-refractivity contribution in [2.45, 2.75) is 25.8 Å². The summed E-state index contributed by atoms with van der Waals surface area (Å²) in [5.41, 5.74) is 2.84. The zero-order valence-electron chi connectivity index (χ0n) is 16.1. The number of aryl methyl sites for hydroxylation is 1. The van der Waals surface area contributed by atoms with Gasteiger partial charge in [-0.3, -0.25) is 15.0 Å². The third-order valence-corrected chi connectivity index (χ3v) is 4.75. The lowest BCUT2D eigenvalue weighted by atomic mass is 9.87. The number of urea groups is 1. The number of nitrogens with zero attached hydrogens (tertiary/aromatic N) is 1. The van der Waals surface area contributed by atoms with Crippen LogP contribution in [0, 0.1) is 6.92 Å². The number of hydrazine groups is 1. The number of rotatable bonds is 6. The van der Waals surface area contributed by atoms with E-state index in [-0.39, 0.29) is 0 Å². The Labute approximate surface area is 167 Å². The summed E-state index contributed by atoms with van der Waals surface area (Å²) in [6, 6.07) is 14.7. The van der Waals surface area contributed by atoms with Crippen molar-refractivity contribution in [3.8, 4) is 0 Å². The lowest BCUT2D eigenvalue weighted by Crippen LogP contribution is -2.49. The third-order valence-electron chi connectivity index (χ3n) is 4.75. The quantitative estimate of drug-likeness (QED) is 0.575. The van der Waals surface area contributed by atoms with Gasteiger partial charge in [-0.25, -0.2) is 9.59 Å². The number of hydrogen-bond donors (Lipinski definition) is 2. The molecule has 3 rings (SSSR count). The van der Waals surface area contributed by atoms with Crippen LogP contribution < -0.4 is 10.7 Å². The van der Waals surface area contributed by atoms with E-state index in [0.29, 0.717) is 22.6 Å². The van der Waals surface area contributed by atoms with Crippen molar-refractivity contribution in [2.75, 3.05) is 6.61 Å². The summed E-state index contributed by atoms with van der Waals surface area (Å²) in [5, 5.41) is 3.27. The van der Waals surface area contributed by atoms with E-state index >= 15 is 0 Å². The molecule has 0 aliphatic carbocycles. The van der Waals surface area contributed by atoms with E-state index in [0.717, 1.165) is 5.56 Å². The molecule has 1 aliphatic heterocycles. The predicted molar refractivity (Wildman–Crippen MR) is 103 cm³/mol. The highest BCUT2D eigenvalue weighted by atomic mass is 16.5. The van der Waals surface area contributed by atoms with Crippen LogP contribution in [0.15, 0.2) is 54.6 Å². The number of benzene rings is 2. The van der Waals surface area contributed by atoms with Crippen molar-refractivity contribution in [1.29, 1.82) is 0 Å². The van der Waals surface area contributed by atoms with Crippen LogP contribution in [0.1, 0.15) is 34.8 Å². The Bertz CT molecular complexity index is 943. The fourth-order valence-electron chi connectivity index (χ4n) is 3.10. The zero-order valence-corrected chi connectivity index (χ0v) is 16.1. The molecule has 2 aromatic carbocycles. The molecule has 1 atom stereocenters. The lowest BCUT2D eigenvalue weighted by molar-refractivity contribution is -0.140. The monoisotopic (exact) mass is 395 g/mol. The first-order valence-corrected chi connectivity index (χ1v) is 9.13. The molecule has 4 amide bonds. The van der Waals surface area contributed by atoms with Crippen LogP contribution in [-0.2, 0) is 19.9 Å². The topological polar surface area (TPSA) is 105 Å². The summed E-state index contributed by atoms with van der Waals surface area (Å²) in [4.78, 5) is 49.4. The van der Waals surface area contributed by atoms with Crippen LogP contribution in [-0.4, -0.2) is 35.4 Å². The average Bonchev–Trinajstić information content (AvgIpc) is 2.98. The fraction of sp³-hybridized carbons (Fsp3) is 0.238. The van der Waals surface area contributed by atoms with Crippen molar-refractivity contribution >= 4 is 23.8 Å². The van der Waals surface area contributed by atoms with Crippen LogP contribution in [0.5, 0.6) is 0 Å². The zero-order chi connectivity index (χ0) is 21.0. The number of nitrogens with one attached hydrogen (secondary N) is 2. The Morgan fingerprint density at radius 2 is 1.72 bits per heavy atom. The highest BCUT2D eigenvalue weighted by Crippen LogP contribution is 2.31. The molecule has 1 saturated heterocycles. The maximum Gasteiger partial charge on any atom is 0.344 e. The molecular formula is C21H21N3O5. The summed E-state index contributed by atoms with van der Waals surface area (Å²) in [5.74, 6) is -2.08. The second kappa shape index (κ2) is 8.14. The molecule has 1 aliphatic rings. The molecule has 1 fully saturated rings. The molecule has 0 unspecified atom stereocenters. The molecule has 29 heavy (non-hydrogen) atoms. The minimum Gasteiger partial charge on any atom is -0.452 e. The molecule has 8 heteroatoms. The number of amides is 4. The van der Waals surface area contributed by atoms with Crippen LogP contribution in [0.25, 0.3) is 0 Å². The van der Waals surface area contributed by atoms with Gasteiger partial charge in [-0.05, 0) is 31.0 Å². The summed E-state index contributed by atoms with van der Waals surface area (Å²) < 4.78 is 4.95. The maximum atomic E-state index is 12.9. The Balaban J connectivity index is 1.64. The molecule has 2 aromatic rings. The van der Waals surface area contributed by atoms with Gasteiger partial charge >= 0.3 is 12.0 Å². The van der Waals surface area contributed by atoms with E-state index in [1.165, 1.54) is 0 Å². The van der Waals surface area contributed by atoms with E-state index in [9.17, 15) is 19.2 Å². The van der Waals surface area contributed by atoms with E-state index in [1.807, 2.05) is 6.92 Å². The van der Waals surface area contributed by atoms with Gasteiger partial charge in [0.15, 0.2) is 6.61 Å². The number of ether oxygens (including phenoxy) is 1. The van der Waals surface area contributed by atoms with Crippen LogP contribution in [0.3, 0.4) is 0 Å². The van der Waals surface area contributed by atoms with Gasteiger partial charge in [-0.1, -0.05) is 55.0 Å². The first-order valence-electron chi connectivity index (χ1n) is 9.13. The molecule has 0 radical (unpaired) electrons. The minimum atomic E-state index is -1.26. The summed E-state index contributed by atoms with van der Waals surface area (Å²) in [7, 11) is 0. The van der Waals surface area contributed by atoms with Gasteiger partial charge in [0.1, 0.15) is 5.54 Å². The average molecular weight is 395 g/mol. The highest BCUT2D eigenvalue weighted by Gasteiger charge is 2.52. The first-order chi connectivity index (χ1) is 13.9. The van der Waals surface area contributed by atoms with E-state index < -0.39 is 36.0 Å². The Kier molecular flexibility index (Phi) is 5.63. The predicted octanol–water partition coefficient (Wildman–Crippen LogP) is 2.04. The summed E-state index contributed by atoms with van der Waals surface area (Å²) >= 11 is 0. The van der Waals surface area contributed by atoms with E-state index in [1.54, 1.807) is 61.5 Å². The number of carbonyl (C=O) groups is 4. The number of carbonyl (C=O) groups excluding carboxylic acids is 4. The fourth-order valence-corrected chi connectivity index (χ4v) is 3.10. The molecule has 8 nitrogen and oxygen atoms in total. The molecule has 0 saturated carbocycles. The van der Waals surface area contributed by atoms with Crippen molar-refractivity contribution < 1.29 is 23.9 Å². The second-order valence-corrected chi connectivity index (χ2v) is 6.67. The molecule has 0 spiro atoms. The SMILES string of the molecule is CC[C@@]1(c2ccccc2)NC(=O)N(NC(=O)COC(=O)c2ccc(C)cc2)C1=O. The third kappa shape index (κ3) is 3.96. The Morgan fingerprint density at radius 1 is 1.07 bits per heavy atom. The van der Waals surface area contributed by atoms with Gasteiger partial charge < -0.3 is 10.1 Å². The van der Waals surface area contributed by atoms with Gasteiger partial charge in [-0.15, -0.1) is 0 Å². The van der Waals surface area contributed by atoms with Crippen molar-refractivity contribution in [2.24, 2.45) is 0 Å². The molecule has 2 N–H and O–H groups in total. The minimum absolute atomic E-state index is 0.299. The number of imide groups is 1. The van der Waals surface area contributed by atoms with E-state index in [4.69, 9.17) is 4.74 Å². The van der Waals surface area contributed by atoms with Gasteiger partial charge in [0, 0.05) is 0 Å². The molecular weight excluding hydrogens is 374 g/mol. The smallest absolute Gasteiger partial charge is 0.344 e. The van der Waals surface area contributed by atoms with Crippen LogP contribution in [0.2, 0.25) is 0 Å². The van der Waals surface area contributed by atoms with Crippen molar-refractivity contribution in [3.63, 3.8) is 0 Å². The lowest BCUT2D eigenvalue weighted by Gasteiger charge is -2.25. The molecule has 0 bridgehead atoms. The summed E-state index contributed by atoms with van der Waals surface area (Å²) in [6.07, 6.45) is 0.302. The second-order valence-electron chi connectivity index (χ2n) is 6.67. The molecule has 0 aromatic heterocycles. The van der Waals surface area contributed by atoms with Gasteiger partial charge in [0.2, 0.25) is 0 Å². The normalized spacial score (nSPS) is 18.3. The largest absolute Gasteiger partial charge is 0.452 e. The molecule has 150 valence electrons. The first kappa shape index (κ1) is 20.1. The van der Waals surface area contributed by atoms with Gasteiger partial charge in [0.25, 0.3) is 11.8 Å². The van der Waals surface area contributed by atoms with E-state index in [2.05, 4.69) is 10.7 Å². The van der Waals surface area contributed by atoms with Gasteiger partial charge in [0.05, 0.1) is 5.56 Å².